The lowest BCUT2D eigenvalue weighted by Crippen LogP contribution is -2.18. The Hall–Kier alpha value is -4.12. The summed E-state index contributed by atoms with van der Waals surface area (Å²) in [6.07, 6.45) is -0.574. The molecule has 0 fully saturated rings. The van der Waals surface area contributed by atoms with Gasteiger partial charge in [0, 0.05) is 11.3 Å². The number of carbonyl (C=O) groups is 2. The fourth-order valence-corrected chi connectivity index (χ4v) is 4.34. The van der Waals surface area contributed by atoms with Crippen molar-refractivity contribution in [2.45, 2.75) is 5.92 Å². The summed E-state index contributed by atoms with van der Waals surface area (Å²) in [5.74, 6) is -1.03. The van der Waals surface area contributed by atoms with E-state index in [-0.39, 0.29) is 18.1 Å². The van der Waals surface area contributed by atoms with Crippen LogP contribution in [0.25, 0.3) is 21.9 Å². The van der Waals surface area contributed by atoms with Gasteiger partial charge in [-0.1, -0.05) is 72.8 Å². The van der Waals surface area contributed by atoms with Crippen LogP contribution in [0.1, 0.15) is 27.4 Å². The van der Waals surface area contributed by atoms with E-state index in [0.29, 0.717) is 16.5 Å². The van der Waals surface area contributed by atoms with Gasteiger partial charge in [0.2, 0.25) is 0 Å². The molecule has 4 aromatic carbocycles. The molecule has 152 valence electrons. The van der Waals surface area contributed by atoms with E-state index in [0.717, 1.165) is 11.1 Å². The quantitative estimate of drug-likeness (QED) is 0.440. The third kappa shape index (κ3) is 3.30. The third-order valence-electron chi connectivity index (χ3n) is 5.73. The molecule has 0 atom stereocenters. The molecule has 0 unspecified atom stereocenters. The molecule has 0 radical (unpaired) electrons. The molecule has 0 aromatic heterocycles. The molecule has 5 rings (SSSR count). The Labute approximate surface area is 178 Å². The number of nitrogens with one attached hydrogen (secondary N) is 1. The van der Waals surface area contributed by atoms with Crippen molar-refractivity contribution in [3.63, 3.8) is 0 Å². The number of hydrogen-bond acceptors (Lipinski definition) is 3. The first-order valence-electron chi connectivity index (χ1n) is 10.0. The number of amides is 1. The number of carboxylic acid groups (broad SMARTS) is 1. The average Bonchev–Trinajstić information content (AvgIpc) is 3.11. The summed E-state index contributed by atoms with van der Waals surface area (Å²) < 4.78 is 5.60. The molecule has 5 nitrogen and oxygen atoms in total. The minimum absolute atomic E-state index is 0.0238. The molecule has 0 bridgehead atoms. The lowest BCUT2D eigenvalue weighted by Gasteiger charge is -2.15. The summed E-state index contributed by atoms with van der Waals surface area (Å²) in [6, 6.07) is 26.5. The number of benzene rings is 4. The Morgan fingerprint density at radius 3 is 2.00 bits per heavy atom. The van der Waals surface area contributed by atoms with Gasteiger partial charge in [-0.2, -0.15) is 0 Å². The molecule has 4 aromatic rings. The standard InChI is InChI=1S/C26H19NO4/c28-25(29)22-13-14-24(21-12-6-5-11-20(21)22)27-26(30)31-15-23-18-9-3-1-7-16(18)17-8-2-4-10-19(17)23/h1-14,23H,15H2,(H,27,30)(H,28,29). The maximum absolute atomic E-state index is 12.6. The Bertz CT molecular complexity index is 1280. The van der Waals surface area contributed by atoms with Gasteiger partial charge in [-0.15, -0.1) is 0 Å². The summed E-state index contributed by atoms with van der Waals surface area (Å²) >= 11 is 0. The summed E-state index contributed by atoms with van der Waals surface area (Å²) in [5, 5.41) is 13.4. The number of aromatic carboxylic acids is 1. The highest BCUT2D eigenvalue weighted by atomic mass is 16.5. The molecule has 0 saturated carbocycles. The molecule has 0 heterocycles. The van der Waals surface area contributed by atoms with Gasteiger partial charge < -0.3 is 9.84 Å². The van der Waals surface area contributed by atoms with Gasteiger partial charge in [0.25, 0.3) is 0 Å². The van der Waals surface area contributed by atoms with Crippen LogP contribution in [0.3, 0.4) is 0 Å². The maximum atomic E-state index is 12.6. The zero-order valence-corrected chi connectivity index (χ0v) is 16.5. The maximum Gasteiger partial charge on any atom is 0.411 e. The highest BCUT2D eigenvalue weighted by molar-refractivity contribution is 6.09. The first-order chi connectivity index (χ1) is 15.1. The van der Waals surface area contributed by atoms with E-state index < -0.39 is 12.1 Å². The van der Waals surface area contributed by atoms with Crippen molar-refractivity contribution in [1.29, 1.82) is 0 Å². The normalized spacial score (nSPS) is 12.3. The Morgan fingerprint density at radius 1 is 0.774 bits per heavy atom. The molecule has 2 N–H and O–H groups in total. The second-order valence-electron chi connectivity index (χ2n) is 7.46. The van der Waals surface area contributed by atoms with Crippen LogP contribution in [0.2, 0.25) is 0 Å². The van der Waals surface area contributed by atoms with Crippen LogP contribution in [0.5, 0.6) is 0 Å². The molecule has 0 saturated heterocycles. The fraction of sp³-hybridized carbons (Fsp3) is 0.0769. The second-order valence-corrected chi connectivity index (χ2v) is 7.46. The summed E-state index contributed by atoms with van der Waals surface area (Å²) in [6.45, 7) is 0.213. The molecule has 1 aliphatic carbocycles. The Kier molecular flexibility index (Phi) is 4.64. The molecule has 1 aliphatic rings. The van der Waals surface area contributed by atoms with Crippen LogP contribution < -0.4 is 5.32 Å². The van der Waals surface area contributed by atoms with Crippen LogP contribution in [0, 0.1) is 0 Å². The number of anilines is 1. The summed E-state index contributed by atoms with van der Waals surface area (Å²) in [4.78, 5) is 24.1. The van der Waals surface area contributed by atoms with E-state index in [4.69, 9.17) is 4.74 Å². The largest absolute Gasteiger partial charge is 0.478 e. The minimum Gasteiger partial charge on any atom is -0.478 e. The predicted molar refractivity (Wildman–Crippen MR) is 120 cm³/mol. The van der Waals surface area contributed by atoms with E-state index in [1.54, 1.807) is 30.3 Å². The van der Waals surface area contributed by atoms with Crippen LogP contribution in [0.15, 0.2) is 84.9 Å². The highest BCUT2D eigenvalue weighted by Gasteiger charge is 2.29. The number of rotatable bonds is 4. The number of carboxylic acids is 1. The average molecular weight is 409 g/mol. The van der Waals surface area contributed by atoms with Gasteiger partial charge in [-0.25, -0.2) is 9.59 Å². The Morgan fingerprint density at radius 2 is 1.35 bits per heavy atom. The van der Waals surface area contributed by atoms with Crippen LogP contribution in [-0.2, 0) is 4.74 Å². The van der Waals surface area contributed by atoms with Crippen molar-refractivity contribution < 1.29 is 19.4 Å². The van der Waals surface area contributed by atoms with Crippen LogP contribution in [-0.4, -0.2) is 23.8 Å². The van der Waals surface area contributed by atoms with Gasteiger partial charge >= 0.3 is 12.1 Å². The predicted octanol–water partition coefficient (Wildman–Crippen LogP) is 5.90. The van der Waals surface area contributed by atoms with Gasteiger partial charge in [0.05, 0.1) is 11.3 Å². The molecule has 31 heavy (non-hydrogen) atoms. The monoisotopic (exact) mass is 409 g/mol. The number of hydrogen-bond donors (Lipinski definition) is 2. The molecule has 5 heteroatoms. The number of carbonyl (C=O) groups excluding carboxylic acids is 1. The van der Waals surface area contributed by atoms with Crippen LogP contribution >= 0.6 is 0 Å². The van der Waals surface area contributed by atoms with Crippen molar-refractivity contribution >= 4 is 28.5 Å². The molecular weight excluding hydrogens is 390 g/mol. The fourth-order valence-electron chi connectivity index (χ4n) is 4.34. The lowest BCUT2D eigenvalue weighted by atomic mass is 9.98. The molecule has 0 spiro atoms. The lowest BCUT2D eigenvalue weighted by molar-refractivity contribution is 0.0699. The van der Waals surface area contributed by atoms with E-state index in [1.165, 1.54) is 17.2 Å². The highest BCUT2D eigenvalue weighted by Crippen LogP contribution is 2.44. The van der Waals surface area contributed by atoms with E-state index in [9.17, 15) is 14.7 Å². The zero-order chi connectivity index (χ0) is 21.4. The minimum atomic E-state index is -1.01. The summed E-state index contributed by atoms with van der Waals surface area (Å²) in [5.41, 5.74) is 5.33. The van der Waals surface area contributed by atoms with E-state index in [1.807, 2.05) is 24.3 Å². The molecule has 0 aliphatic heterocycles. The first kappa shape index (κ1) is 18.9. The Balaban J connectivity index is 1.37. The van der Waals surface area contributed by atoms with E-state index in [2.05, 4.69) is 29.6 Å². The van der Waals surface area contributed by atoms with Crippen molar-refractivity contribution in [3.05, 3.63) is 102 Å². The van der Waals surface area contributed by atoms with E-state index >= 15 is 0 Å². The van der Waals surface area contributed by atoms with Gasteiger partial charge in [-0.3, -0.25) is 5.32 Å². The van der Waals surface area contributed by atoms with Gasteiger partial charge in [0.1, 0.15) is 6.61 Å². The van der Waals surface area contributed by atoms with Crippen molar-refractivity contribution in [1.82, 2.24) is 0 Å². The first-order valence-corrected chi connectivity index (χ1v) is 10.0. The summed E-state index contributed by atoms with van der Waals surface area (Å²) in [7, 11) is 0. The molecular formula is C26H19NO4. The second kappa shape index (κ2) is 7.61. The van der Waals surface area contributed by atoms with Gasteiger partial charge in [0.15, 0.2) is 0 Å². The molecule has 1 amide bonds. The zero-order valence-electron chi connectivity index (χ0n) is 16.5. The van der Waals surface area contributed by atoms with Gasteiger partial charge in [-0.05, 0) is 39.8 Å². The number of ether oxygens (including phenoxy) is 1. The number of fused-ring (bicyclic) bond motifs is 4. The smallest absolute Gasteiger partial charge is 0.411 e. The van der Waals surface area contributed by atoms with Crippen LogP contribution in [0.4, 0.5) is 10.5 Å². The third-order valence-corrected chi connectivity index (χ3v) is 5.73. The topological polar surface area (TPSA) is 75.6 Å². The van der Waals surface area contributed by atoms with Crippen molar-refractivity contribution in [2.24, 2.45) is 0 Å². The SMILES string of the molecule is O=C(Nc1ccc(C(=O)O)c2ccccc12)OCC1c2ccccc2-c2ccccc21. The van der Waals surface area contributed by atoms with Crippen molar-refractivity contribution in [2.75, 3.05) is 11.9 Å². The van der Waals surface area contributed by atoms with Crippen molar-refractivity contribution in [3.8, 4) is 11.1 Å².